The van der Waals surface area contributed by atoms with E-state index >= 15 is 0 Å². The second-order valence-electron chi connectivity index (χ2n) is 9.31. The standard InChI is InChI=1S/C25H37N5O6/c1-17(2)20-16-36-21-6-4-3-5-18(21)24(33)29-19(7-8-22(31)27-15-23(32)28-20)25(34)26-9-10-30-11-13-35-14-12-30/h3-6,17,19-20H,7-16H2,1-2H3,(H,26,34)(H,27,31)(H,28,32)(H,29,33)/t19-,20+/m0/s1. The highest BCUT2D eigenvalue weighted by atomic mass is 16.5. The van der Waals surface area contributed by atoms with Gasteiger partial charge in [0.2, 0.25) is 17.7 Å². The lowest BCUT2D eigenvalue weighted by Crippen LogP contribution is -2.49. The smallest absolute Gasteiger partial charge is 0.255 e. The number of ether oxygens (including phenoxy) is 2. The van der Waals surface area contributed by atoms with Gasteiger partial charge in [0.25, 0.3) is 5.91 Å². The normalized spacial score (nSPS) is 22.7. The number of carbonyl (C=O) groups excluding carboxylic acids is 4. The highest BCUT2D eigenvalue weighted by Gasteiger charge is 2.25. The third kappa shape index (κ3) is 8.49. The summed E-state index contributed by atoms with van der Waals surface area (Å²) >= 11 is 0. The van der Waals surface area contributed by atoms with Crippen molar-refractivity contribution in [1.29, 1.82) is 0 Å². The first-order valence-corrected chi connectivity index (χ1v) is 12.5. The molecule has 3 rings (SSSR count). The first-order valence-electron chi connectivity index (χ1n) is 12.5. The number of morpholine rings is 1. The van der Waals surface area contributed by atoms with Crippen molar-refractivity contribution in [3.8, 4) is 5.75 Å². The van der Waals surface area contributed by atoms with Gasteiger partial charge >= 0.3 is 0 Å². The molecule has 0 saturated carbocycles. The van der Waals surface area contributed by atoms with Crippen LogP contribution >= 0.6 is 0 Å². The van der Waals surface area contributed by atoms with Crippen LogP contribution in [0.3, 0.4) is 0 Å². The van der Waals surface area contributed by atoms with Crippen molar-refractivity contribution in [1.82, 2.24) is 26.2 Å². The molecule has 0 aliphatic carbocycles. The maximum Gasteiger partial charge on any atom is 0.255 e. The summed E-state index contributed by atoms with van der Waals surface area (Å²) in [6, 6.07) is 5.51. The van der Waals surface area contributed by atoms with Crippen LogP contribution in [0.1, 0.15) is 37.0 Å². The lowest BCUT2D eigenvalue weighted by molar-refractivity contribution is -0.127. The van der Waals surface area contributed by atoms with Crippen LogP contribution in [0.15, 0.2) is 24.3 Å². The van der Waals surface area contributed by atoms with Crippen LogP contribution in [0.25, 0.3) is 0 Å². The maximum atomic E-state index is 13.2. The van der Waals surface area contributed by atoms with E-state index in [1.165, 1.54) is 0 Å². The molecule has 0 spiro atoms. The zero-order chi connectivity index (χ0) is 25.9. The molecule has 2 atom stereocenters. The Bertz CT molecular complexity index is 918. The molecule has 0 bridgehead atoms. The Morgan fingerprint density at radius 3 is 2.61 bits per heavy atom. The summed E-state index contributed by atoms with van der Waals surface area (Å²) in [4.78, 5) is 53.1. The number of fused-ring (bicyclic) bond motifs is 1. The lowest BCUT2D eigenvalue weighted by atomic mass is 10.1. The van der Waals surface area contributed by atoms with Crippen molar-refractivity contribution in [2.75, 3.05) is 52.5 Å². The third-order valence-corrected chi connectivity index (χ3v) is 6.26. The number of hydrogen-bond donors (Lipinski definition) is 4. The molecule has 198 valence electrons. The maximum absolute atomic E-state index is 13.2. The fraction of sp³-hybridized carbons (Fsp3) is 0.600. The average molecular weight is 504 g/mol. The van der Waals surface area contributed by atoms with Gasteiger partial charge in [0.15, 0.2) is 0 Å². The first-order chi connectivity index (χ1) is 17.3. The van der Waals surface area contributed by atoms with Crippen molar-refractivity contribution in [3.05, 3.63) is 29.8 Å². The molecular formula is C25H37N5O6. The van der Waals surface area contributed by atoms with E-state index in [0.717, 1.165) is 13.1 Å². The number of amides is 4. The van der Waals surface area contributed by atoms with Crippen molar-refractivity contribution in [2.24, 2.45) is 5.92 Å². The Labute approximate surface area is 211 Å². The molecule has 1 fully saturated rings. The lowest BCUT2D eigenvalue weighted by Gasteiger charge is -2.27. The number of hydrogen-bond acceptors (Lipinski definition) is 7. The van der Waals surface area contributed by atoms with Crippen LogP contribution in [0.2, 0.25) is 0 Å². The topological polar surface area (TPSA) is 138 Å². The zero-order valence-electron chi connectivity index (χ0n) is 21.0. The minimum absolute atomic E-state index is 0.0269. The summed E-state index contributed by atoms with van der Waals surface area (Å²) in [5, 5.41) is 11.1. The van der Waals surface area contributed by atoms with Gasteiger partial charge in [-0.1, -0.05) is 26.0 Å². The van der Waals surface area contributed by atoms with Gasteiger partial charge in [-0.05, 0) is 24.5 Å². The van der Waals surface area contributed by atoms with Crippen molar-refractivity contribution >= 4 is 23.6 Å². The highest BCUT2D eigenvalue weighted by molar-refractivity contribution is 5.99. The molecular weight excluding hydrogens is 466 g/mol. The number of rotatable bonds is 5. The Morgan fingerprint density at radius 1 is 1.11 bits per heavy atom. The quantitative estimate of drug-likeness (QED) is 0.431. The van der Waals surface area contributed by atoms with Crippen molar-refractivity contribution in [2.45, 2.75) is 38.8 Å². The number of carbonyl (C=O) groups is 4. The molecule has 1 aromatic rings. The minimum Gasteiger partial charge on any atom is -0.491 e. The van der Waals surface area contributed by atoms with E-state index in [-0.39, 0.29) is 61.2 Å². The molecule has 2 aliphatic heterocycles. The minimum atomic E-state index is -0.927. The van der Waals surface area contributed by atoms with Crippen LogP contribution in [0, 0.1) is 5.92 Å². The molecule has 36 heavy (non-hydrogen) atoms. The van der Waals surface area contributed by atoms with E-state index < -0.39 is 11.9 Å². The molecule has 11 nitrogen and oxygen atoms in total. The second kappa shape index (κ2) is 13.8. The largest absolute Gasteiger partial charge is 0.491 e. The van der Waals surface area contributed by atoms with Gasteiger partial charge in [0, 0.05) is 32.6 Å². The molecule has 2 aliphatic rings. The summed E-state index contributed by atoms with van der Waals surface area (Å²) in [6.45, 7) is 7.88. The molecule has 0 radical (unpaired) electrons. The van der Waals surface area contributed by atoms with Crippen LogP contribution in [0.4, 0.5) is 0 Å². The van der Waals surface area contributed by atoms with E-state index in [0.29, 0.717) is 32.1 Å². The zero-order valence-corrected chi connectivity index (χ0v) is 21.0. The Balaban J connectivity index is 1.72. The fourth-order valence-electron chi connectivity index (χ4n) is 3.95. The number of nitrogens with one attached hydrogen (secondary N) is 4. The van der Waals surface area contributed by atoms with Crippen LogP contribution in [-0.2, 0) is 19.1 Å². The van der Waals surface area contributed by atoms with Crippen molar-refractivity contribution in [3.63, 3.8) is 0 Å². The van der Waals surface area contributed by atoms with Gasteiger partial charge in [-0.3, -0.25) is 24.1 Å². The predicted octanol–water partition coefficient (Wildman–Crippen LogP) is -0.337. The van der Waals surface area contributed by atoms with Gasteiger partial charge < -0.3 is 30.7 Å². The summed E-state index contributed by atoms with van der Waals surface area (Å²) < 4.78 is 11.3. The number of nitrogens with zero attached hydrogens (tertiary/aromatic N) is 1. The van der Waals surface area contributed by atoms with E-state index in [9.17, 15) is 19.2 Å². The van der Waals surface area contributed by atoms with Crippen LogP contribution < -0.4 is 26.0 Å². The van der Waals surface area contributed by atoms with Crippen LogP contribution in [0.5, 0.6) is 5.75 Å². The first kappa shape index (κ1) is 27.4. The molecule has 4 N–H and O–H groups in total. The Hall–Kier alpha value is -3.18. The van der Waals surface area contributed by atoms with E-state index in [1.807, 2.05) is 13.8 Å². The molecule has 0 aromatic heterocycles. The molecule has 1 aromatic carbocycles. The van der Waals surface area contributed by atoms with Crippen LogP contribution in [-0.4, -0.2) is 93.2 Å². The number of para-hydroxylation sites is 1. The molecule has 1 saturated heterocycles. The molecule has 0 unspecified atom stereocenters. The van der Waals surface area contributed by atoms with Gasteiger partial charge in [0.1, 0.15) is 18.4 Å². The van der Waals surface area contributed by atoms with Gasteiger partial charge in [-0.2, -0.15) is 0 Å². The summed E-state index contributed by atoms with van der Waals surface area (Å²) in [5.41, 5.74) is 0.275. The monoisotopic (exact) mass is 503 g/mol. The SMILES string of the molecule is CC(C)[C@H]1COc2ccccc2C(=O)N[C@H](C(=O)NCCN2CCOCC2)CCC(=O)NCC(=O)N1. The third-order valence-electron chi connectivity index (χ3n) is 6.26. The fourth-order valence-corrected chi connectivity index (χ4v) is 3.95. The van der Waals surface area contributed by atoms with E-state index in [1.54, 1.807) is 24.3 Å². The van der Waals surface area contributed by atoms with Gasteiger partial charge in [-0.15, -0.1) is 0 Å². The van der Waals surface area contributed by atoms with Gasteiger partial charge in [0.05, 0.1) is 31.4 Å². The molecule has 2 heterocycles. The molecule has 11 heteroatoms. The van der Waals surface area contributed by atoms with Crippen molar-refractivity contribution < 1.29 is 28.7 Å². The van der Waals surface area contributed by atoms with E-state index in [4.69, 9.17) is 9.47 Å². The Morgan fingerprint density at radius 2 is 1.86 bits per heavy atom. The number of benzene rings is 1. The predicted molar refractivity (Wildman–Crippen MR) is 132 cm³/mol. The Kier molecular flexibility index (Phi) is 10.5. The summed E-state index contributed by atoms with van der Waals surface area (Å²) in [7, 11) is 0. The summed E-state index contributed by atoms with van der Waals surface area (Å²) in [5.74, 6) is -1.14. The van der Waals surface area contributed by atoms with E-state index in [2.05, 4.69) is 26.2 Å². The van der Waals surface area contributed by atoms with Gasteiger partial charge in [-0.25, -0.2) is 0 Å². The summed E-state index contributed by atoms with van der Waals surface area (Å²) in [6.07, 6.45) is 0.0566. The highest BCUT2D eigenvalue weighted by Crippen LogP contribution is 2.19. The average Bonchev–Trinajstić information content (AvgIpc) is 2.87. The second-order valence-corrected chi connectivity index (χ2v) is 9.31. The molecule has 4 amide bonds.